The highest BCUT2D eigenvalue weighted by Crippen LogP contribution is 2.32. The Kier molecular flexibility index (Phi) is 4.58. The molecule has 0 saturated carbocycles. The molecule has 0 aliphatic rings. The Morgan fingerprint density at radius 2 is 1.56 bits per heavy atom. The standard InChI is InChI=1S/C22H16FNO3/c1-25-17-10-7-15(8-11-17)21-14-20(24-27-21)16-9-12-19(23)22(13-16)26-18-5-3-2-4-6-18/h2-14H,1H3. The fraction of sp³-hybridized carbons (Fsp3) is 0.0455. The molecule has 1 heterocycles. The van der Waals surface area contributed by atoms with E-state index in [1.54, 1.807) is 37.4 Å². The van der Waals surface area contributed by atoms with Gasteiger partial charge >= 0.3 is 0 Å². The molecule has 134 valence electrons. The zero-order valence-corrected chi connectivity index (χ0v) is 14.6. The fourth-order valence-electron chi connectivity index (χ4n) is 2.66. The molecule has 5 heteroatoms. The Balaban J connectivity index is 1.62. The van der Waals surface area contributed by atoms with Crippen LogP contribution in [-0.4, -0.2) is 12.3 Å². The van der Waals surface area contributed by atoms with Crippen molar-refractivity contribution in [3.05, 3.63) is 84.7 Å². The van der Waals surface area contributed by atoms with E-state index in [0.29, 0.717) is 22.8 Å². The van der Waals surface area contributed by atoms with Crippen molar-refractivity contribution >= 4 is 0 Å². The van der Waals surface area contributed by atoms with Gasteiger partial charge in [-0.15, -0.1) is 0 Å². The molecule has 4 rings (SSSR count). The number of halogens is 1. The molecule has 0 fully saturated rings. The van der Waals surface area contributed by atoms with Crippen molar-refractivity contribution in [3.63, 3.8) is 0 Å². The van der Waals surface area contributed by atoms with Crippen molar-refractivity contribution in [2.24, 2.45) is 0 Å². The van der Waals surface area contributed by atoms with Crippen molar-refractivity contribution in [1.29, 1.82) is 0 Å². The van der Waals surface area contributed by atoms with E-state index >= 15 is 0 Å². The van der Waals surface area contributed by atoms with Gasteiger partial charge in [0.05, 0.1) is 7.11 Å². The maximum Gasteiger partial charge on any atom is 0.167 e. The summed E-state index contributed by atoms with van der Waals surface area (Å²) in [7, 11) is 1.62. The zero-order valence-electron chi connectivity index (χ0n) is 14.6. The van der Waals surface area contributed by atoms with Gasteiger partial charge in [0.25, 0.3) is 0 Å². The second-order valence-corrected chi connectivity index (χ2v) is 5.87. The third-order valence-corrected chi connectivity index (χ3v) is 4.08. The summed E-state index contributed by atoms with van der Waals surface area (Å²) in [6.07, 6.45) is 0. The minimum atomic E-state index is -0.443. The largest absolute Gasteiger partial charge is 0.497 e. The molecule has 0 amide bonds. The number of para-hydroxylation sites is 1. The fourth-order valence-corrected chi connectivity index (χ4v) is 2.66. The van der Waals surface area contributed by atoms with Crippen molar-refractivity contribution in [1.82, 2.24) is 5.16 Å². The summed E-state index contributed by atoms with van der Waals surface area (Å²) >= 11 is 0. The van der Waals surface area contributed by atoms with Gasteiger partial charge in [-0.2, -0.15) is 0 Å². The first-order valence-corrected chi connectivity index (χ1v) is 8.37. The van der Waals surface area contributed by atoms with Gasteiger partial charge in [-0.3, -0.25) is 0 Å². The van der Waals surface area contributed by atoms with E-state index in [1.807, 2.05) is 42.5 Å². The lowest BCUT2D eigenvalue weighted by Crippen LogP contribution is -1.89. The molecule has 0 bridgehead atoms. The van der Waals surface area contributed by atoms with Crippen LogP contribution in [0.15, 0.2) is 83.4 Å². The van der Waals surface area contributed by atoms with E-state index in [4.69, 9.17) is 14.0 Å². The highest BCUT2D eigenvalue weighted by Gasteiger charge is 2.12. The van der Waals surface area contributed by atoms with E-state index in [1.165, 1.54) is 6.07 Å². The van der Waals surface area contributed by atoms with Crippen LogP contribution in [0.2, 0.25) is 0 Å². The molecule has 0 saturated heterocycles. The zero-order chi connectivity index (χ0) is 18.6. The molecule has 4 aromatic rings. The number of methoxy groups -OCH3 is 1. The lowest BCUT2D eigenvalue weighted by Gasteiger charge is -2.07. The SMILES string of the molecule is COc1ccc(-c2cc(-c3ccc(F)c(Oc4ccccc4)c3)no2)cc1. The quantitative estimate of drug-likeness (QED) is 0.441. The number of aromatic nitrogens is 1. The summed E-state index contributed by atoms with van der Waals surface area (Å²) in [4.78, 5) is 0. The summed E-state index contributed by atoms with van der Waals surface area (Å²) in [6.45, 7) is 0. The Hall–Kier alpha value is -3.60. The van der Waals surface area contributed by atoms with E-state index < -0.39 is 5.82 Å². The number of rotatable bonds is 5. The van der Waals surface area contributed by atoms with E-state index in [9.17, 15) is 4.39 Å². The third-order valence-electron chi connectivity index (χ3n) is 4.08. The first-order valence-electron chi connectivity index (χ1n) is 8.37. The lowest BCUT2D eigenvalue weighted by molar-refractivity contribution is 0.414. The summed E-state index contributed by atoms with van der Waals surface area (Å²) < 4.78 is 30.4. The van der Waals surface area contributed by atoms with Crippen LogP contribution in [0, 0.1) is 5.82 Å². The van der Waals surface area contributed by atoms with Crippen LogP contribution in [0.4, 0.5) is 4.39 Å². The maximum absolute atomic E-state index is 14.1. The number of nitrogens with zero attached hydrogens (tertiary/aromatic N) is 1. The molecule has 0 aliphatic heterocycles. The second-order valence-electron chi connectivity index (χ2n) is 5.87. The summed E-state index contributed by atoms with van der Waals surface area (Å²) in [5.74, 6) is 1.63. The molecule has 4 nitrogen and oxygen atoms in total. The van der Waals surface area contributed by atoms with Crippen molar-refractivity contribution in [3.8, 4) is 39.8 Å². The maximum atomic E-state index is 14.1. The van der Waals surface area contributed by atoms with Crippen LogP contribution in [-0.2, 0) is 0 Å². The number of ether oxygens (including phenoxy) is 2. The highest BCUT2D eigenvalue weighted by atomic mass is 19.1. The highest BCUT2D eigenvalue weighted by molar-refractivity contribution is 5.68. The van der Waals surface area contributed by atoms with Gasteiger partial charge in [-0.25, -0.2) is 4.39 Å². The molecule has 1 aromatic heterocycles. The number of benzene rings is 3. The van der Waals surface area contributed by atoms with Gasteiger partial charge in [0.1, 0.15) is 17.2 Å². The van der Waals surface area contributed by atoms with Gasteiger partial charge in [-0.1, -0.05) is 23.4 Å². The third kappa shape index (κ3) is 3.67. The topological polar surface area (TPSA) is 44.5 Å². The molecular weight excluding hydrogens is 345 g/mol. The van der Waals surface area contributed by atoms with Crippen molar-refractivity contribution < 1.29 is 18.4 Å². The smallest absolute Gasteiger partial charge is 0.167 e. The van der Waals surface area contributed by atoms with Gasteiger partial charge < -0.3 is 14.0 Å². The molecular formula is C22H16FNO3. The van der Waals surface area contributed by atoms with Crippen LogP contribution in [0.25, 0.3) is 22.6 Å². The average Bonchev–Trinajstić information content (AvgIpc) is 3.21. The minimum Gasteiger partial charge on any atom is -0.497 e. The minimum absolute atomic E-state index is 0.132. The van der Waals surface area contributed by atoms with Gasteiger partial charge in [0.2, 0.25) is 0 Å². The van der Waals surface area contributed by atoms with Gasteiger partial charge in [0, 0.05) is 17.2 Å². The Labute approximate surface area is 155 Å². The molecule has 27 heavy (non-hydrogen) atoms. The Bertz CT molecular complexity index is 1040. The van der Waals surface area contributed by atoms with Gasteiger partial charge in [0.15, 0.2) is 17.3 Å². The second kappa shape index (κ2) is 7.33. The van der Waals surface area contributed by atoms with E-state index in [2.05, 4.69) is 5.16 Å². The monoisotopic (exact) mass is 361 g/mol. The molecule has 0 unspecified atom stereocenters. The normalized spacial score (nSPS) is 10.6. The Morgan fingerprint density at radius 1 is 0.815 bits per heavy atom. The number of hydrogen-bond acceptors (Lipinski definition) is 4. The molecule has 3 aromatic carbocycles. The van der Waals surface area contributed by atoms with Crippen LogP contribution >= 0.6 is 0 Å². The van der Waals surface area contributed by atoms with Gasteiger partial charge in [-0.05, 0) is 54.6 Å². The summed E-state index contributed by atoms with van der Waals surface area (Å²) in [5, 5.41) is 4.10. The van der Waals surface area contributed by atoms with E-state index in [0.717, 1.165) is 11.3 Å². The average molecular weight is 361 g/mol. The lowest BCUT2D eigenvalue weighted by atomic mass is 10.1. The predicted molar refractivity (Wildman–Crippen MR) is 100 cm³/mol. The molecule has 0 spiro atoms. The summed E-state index contributed by atoms with van der Waals surface area (Å²) in [6, 6.07) is 22.9. The van der Waals surface area contributed by atoms with Crippen molar-refractivity contribution in [2.75, 3.05) is 7.11 Å². The van der Waals surface area contributed by atoms with Crippen molar-refractivity contribution in [2.45, 2.75) is 0 Å². The van der Waals surface area contributed by atoms with Crippen LogP contribution in [0.3, 0.4) is 0 Å². The first-order chi connectivity index (χ1) is 13.2. The Morgan fingerprint density at radius 3 is 2.30 bits per heavy atom. The van der Waals surface area contributed by atoms with E-state index in [-0.39, 0.29) is 5.75 Å². The van der Waals surface area contributed by atoms with Crippen LogP contribution in [0.1, 0.15) is 0 Å². The predicted octanol–water partition coefficient (Wildman–Crippen LogP) is 5.95. The van der Waals surface area contributed by atoms with Crippen LogP contribution < -0.4 is 9.47 Å². The summed E-state index contributed by atoms with van der Waals surface area (Å²) in [5.41, 5.74) is 2.17. The first kappa shape index (κ1) is 16.8. The molecule has 0 radical (unpaired) electrons. The molecule has 0 aliphatic carbocycles. The van der Waals surface area contributed by atoms with Crippen LogP contribution in [0.5, 0.6) is 17.2 Å². The molecule has 0 atom stereocenters. The molecule has 0 N–H and O–H groups in total. The number of hydrogen-bond donors (Lipinski definition) is 0.